The Morgan fingerprint density at radius 1 is 1.07 bits per heavy atom. The van der Waals surface area contributed by atoms with Crippen LogP contribution in [0.25, 0.3) is 16.9 Å². The maximum atomic E-state index is 12.3. The van der Waals surface area contributed by atoms with E-state index in [0.717, 1.165) is 28.2 Å². The fourth-order valence-corrected chi connectivity index (χ4v) is 3.19. The minimum absolute atomic E-state index is 0.113. The largest absolute Gasteiger partial charge is 0.435 e. The predicted molar refractivity (Wildman–Crippen MR) is 109 cm³/mol. The van der Waals surface area contributed by atoms with Crippen LogP contribution in [0.1, 0.15) is 5.56 Å². The lowest BCUT2D eigenvalue weighted by Gasteiger charge is -2.11. The number of hydrogen-bond acceptors (Lipinski definition) is 5. The highest BCUT2D eigenvalue weighted by atomic mass is 19.3. The van der Waals surface area contributed by atoms with E-state index in [-0.39, 0.29) is 5.75 Å². The van der Waals surface area contributed by atoms with Crippen molar-refractivity contribution < 1.29 is 13.5 Å². The van der Waals surface area contributed by atoms with Crippen molar-refractivity contribution in [3.05, 3.63) is 66.6 Å². The average molecular weight is 395 g/mol. The maximum absolute atomic E-state index is 12.3. The van der Waals surface area contributed by atoms with Gasteiger partial charge in [0.05, 0.1) is 11.9 Å². The molecule has 0 amide bonds. The third-order valence-corrected chi connectivity index (χ3v) is 4.56. The molecule has 0 atom stereocenters. The van der Waals surface area contributed by atoms with Crippen LogP contribution in [0, 0.1) is 6.92 Å². The van der Waals surface area contributed by atoms with Gasteiger partial charge >= 0.3 is 6.61 Å². The summed E-state index contributed by atoms with van der Waals surface area (Å²) in [6, 6.07) is 12.4. The van der Waals surface area contributed by atoms with E-state index in [2.05, 4.69) is 25.3 Å². The van der Waals surface area contributed by atoms with Crippen LogP contribution in [-0.4, -0.2) is 28.0 Å². The van der Waals surface area contributed by atoms with Gasteiger partial charge in [-0.1, -0.05) is 0 Å². The minimum Gasteiger partial charge on any atom is -0.435 e. The number of alkyl halides is 2. The number of aromatic nitrogens is 3. The number of hydrogen-bond donors (Lipinski definition) is 2. The first-order valence-corrected chi connectivity index (χ1v) is 8.98. The lowest BCUT2D eigenvalue weighted by molar-refractivity contribution is -0.0498. The zero-order chi connectivity index (χ0) is 20.4. The van der Waals surface area contributed by atoms with Gasteiger partial charge in [0.1, 0.15) is 5.75 Å². The molecule has 148 valence electrons. The number of ether oxygens (including phenoxy) is 1. The van der Waals surface area contributed by atoms with E-state index in [1.807, 2.05) is 42.8 Å². The van der Waals surface area contributed by atoms with E-state index in [9.17, 15) is 8.78 Å². The smallest absolute Gasteiger partial charge is 0.387 e. The van der Waals surface area contributed by atoms with E-state index in [4.69, 9.17) is 0 Å². The van der Waals surface area contributed by atoms with Crippen LogP contribution < -0.4 is 15.4 Å². The van der Waals surface area contributed by atoms with Gasteiger partial charge in [-0.3, -0.25) is 4.40 Å². The number of nitrogens with zero attached hydrogens (tertiary/aromatic N) is 3. The second-order valence-electron chi connectivity index (χ2n) is 6.42. The monoisotopic (exact) mass is 395 g/mol. The number of benzene rings is 2. The van der Waals surface area contributed by atoms with Gasteiger partial charge in [0, 0.05) is 36.4 Å². The number of nitrogens with one attached hydrogen (secondary N) is 2. The van der Waals surface area contributed by atoms with Gasteiger partial charge in [0.2, 0.25) is 0 Å². The Morgan fingerprint density at radius 3 is 2.55 bits per heavy atom. The Kier molecular flexibility index (Phi) is 4.99. The molecule has 0 saturated carbocycles. The van der Waals surface area contributed by atoms with Crippen molar-refractivity contribution in [2.75, 3.05) is 17.7 Å². The number of imidazole rings is 1. The second kappa shape index (κ2) is 7.75. The highest BCUT2D eigenvalue weighted by molar-refractivity contribution is 5.75. The van der Waals surface area contributed by atoms with E-state index >= 15 is 0 Å². The Bertz CT molecular complexity index is 1140. The maximum Gasteiger partial charge on any atom is 0.387 e. The standard InChI is InChI=1S/C21H19F2N5O/c1-13-11-15(5-8-17(13)24-2)27-19-20-26-12-18(28(20)10-9-25-19)14-3-6-16(7-4-14)29-21(22)23/h3-12,21,24H,1-2H3,(H,25,27). The molecule has 2 aromatic heterocycles. The van der Waals surface area contributed by atoms with Gasteiger partial charge in [0.25, 0.3) is 0 Å². The Morgan fingerprint density at radius 2 is 1.86 bits per heavy atom. The molecule has 4 aromatic rings. The van der Waals surface area contributed by atoms with Gasteiger partial charge < -0.3 is 15.4 Å². The molecule has 0 unspecified atom stereocenters. The summed E-state index contributed by atoms with van der Waals surface area (Å²) in [6.45, 7) is -0.817. The summed E-state index contributed by atoms with van der Waals surface area (Å²) in [7, 11) is 1.88. The molecular weight excluding hydrogens is 376 g/mol. The van der Waals surface area contributed by atoms with Gasteiger partial charge in [-0.05, 0) is 55.0 Å². The van der Waals surface area contributed by atoms with Crippen LogP contribution in [0.15, 0.2) is 61.1 Å². The van der Waals surface area contributed by atoms with Crippen LogP contribution in [0.3, 0.4) is 0 Å². The molecule has 0 fully saturated rings. The van der Waals surface area contributed by atoms with Crippen LogP contribution in [-0.2, 0) is 0 Å². The highest BCUT2D eigenvalue weighted by Gasteiger charge is 2.12. The van der Waals surface area contributed by atoms with Crippen molar-refractivity contribution in [1.29, 1.82) is 0 Å². The van der Waals surface area contributed by atoms with Crippen LogP contribution in [0.4, 0.5) is 26.0 Å². The van der Waals surface area contributed by atoms with Crippen molar-refractivity contribution in [3.63, 3.8) is 0 Å². The molecule has 0 saturated heterocycles. The summed E-state index contributed by atoms with van der Waals surface area (Å²) in [6.07, 6.45) is 5.21. The molecular formula is C21H19F2N5O. The second-order valence-corrected chi connectivity index (χ2v) is 6.42. The zero-order valence-electron chi connectivity index (χ0n) is 15.9. The normalized spacial score (nSPS) is 11.1. The predicted octanol–water partition coefficient (Wildman–Crippen LogP) is 5.09. The van der Waals surface area contributed by atoms with Crippen LogP contribution >= 0.6 is 0 Å². The molecule has 29 heavy (non-hydrogen) atoms. The number of halogens is 2. The first kappa shape index (κ1) is 18.7. The van der Waals surface area contributed by atoms with Crippen LogP contribution in [0.2, 0.25) is 0 Å². The fourth-order valence-electron chi connectivity index (χ4n) is 3.19. The zero-order valence-corrected chi connectivity index (χ0v) is 15.9. The molecule has 6 nitrogen and oxygen atoms in total. The van der Waals surface area contributed by atoms with E-state index in [0.29, 0.717) is 11.5 Å². The summed E-state index contributed by atoms with van der Waals surface area (Å²) in [5.41, 5.74) is 5.37. The summed E-state index contributed by atoms with van der Waals surface area (Å²) in [5.74, 6) is 0.731. The molecule has 2 N–H and O–H groups in total. The molecule has 0 radical (unpaired) electrons. The van der Waals surface area contributed by atoms with Crippen LogP contribution in [0.5, 0.6) is 5.75 Å². The Hall–Kier alpha value is -3.68. The molecule has 8 heteroatoms. The number of rotatable bonds is 6. The van der Waals surface area contributed by atoms with Crippen molar-refractivity contribution in [3.8, 4) is 17.0 Å². The number of aryl methyl sites for hydroxylation is 1. The molecule has 2 aromatic carbocycles. The fraction of sp³-hybridized carbons (Fsp3) is 0.143. The van der Waals surface area contributed by atoms with Crippen molar-refractivity contribution in [2.24, 2.45) is 0 Å². The molecule has 0 aliphatic carbocycles. The van der Waals surface area contributed by atoms with Gasteiger partial charge in [-0.15, -0.1) is 0 Å². The number of anilines is 3. The van der Waals surface area contributed by atoms with Gasteiger partial charge in [-0.2, -0.15) is 8.78 Å². The first-order valence-electron chi connectivity index (χ1n) is 8.98. The molecule has 4 rings (SSSR count). The van der Waals surface area contributed by atoms with Crippen molar-refractivity contribution >= 4 is 22.8 Å². The summed E-state index contributed by atoms with van der Waals surface area (Å²) in [5, 5.41) is 6.45. The SMILES string of the molecule is CNc1ccc(Nc2nccn3c(-c4ccc(OC(F)F)cc4)cnc23)cc1C. The molecule has 0 aliphatic heterocycles. The number of fused-ring (bicyclic) bond motifs is 1. The lowest BCUT2D eigenvalue weighted by atomic mass is 10.1. The van der Waals surface area contributed by atoms with E-state index < -0.39 is 6.61 Å². The summed E-state index contributed by atoms with van der Waals surface area (Å²) >= 11 is 0. The molecule has 0 aliphatic rings. The highest BCUT2D eigenvalue weighted by Crippen LogP contribution is 2.28. The third kappa shape index (κ3) is 3.82. The molecule has 0 bridgehead atoms. The quantitative estimate of drug-likeness (QED) is 0.476. The van der Waals surface area contributed by atoms with Gasteiger partial charge in [0.15, 0.2) is 11.5 Å². The lowest BCUT2D eigenvalue weighted by Crippen LogP contribution is -2.01. The van der Waals surface area contributed by atoms with E-state index in [1.54, 1.807) is 24.5 Å². The molecule has 2 heterocycles. The minimum atomic E-state index is -2.85. The Labute approximate surface area is 166 Å². The molecule has 0 spiro atoms. The summed E-state index contributed by atoms with van der Waals surface area (Å²) in [4.78, 5) is 8.91. The van der Waals surface area contributed by atoms with Crippen molar-refractivity contribution in [2.45, 2.75) is 13.5 Å². The summed E-state index contributed by atoms with van der Waals surface area (Å²) < 4.78 is 31.0. The topological polar surface area (TPSA) is 63.5 Å². The Balaban J connectivity index is 1.65. The van der Waals surface area contributed by atoms with Gasteiger partial charge in [-0.25, -0.2) is 9.97 Å². The third-order valence-electron chi connectivity index (χ3n) is 4.56. The van der Waals surface area contributed by atoms with E-state index in [1.165, 1.54) is 12.1 Å². The average Bonchev–Trinajstić information content (AvgIpc) is 3.13. The van der Waals surface area contributed by atoms with Crippen molar-refractivity contribution in [1.82, 2.24) is 14.4 Å². The first-order chi connectivity index (χ1) is 14.0.